The van der Waals surface area contributed by atoms with E-state index >= 15 is 0 Å². The van der Waals surface area contributed by atoms with E-state index in [1.807, 2.05) is 72.9 Å². The van der Waals surface area contributed by atoms with Crippen molar-refractivity contribution in [3.05, 3.63) is 109 Å². The van der Waals surface area contributed by atoms with E-state index in [1.165, 1.54) is 109 Å². The number of allylic oxidation sites excluding steroid dienone is 18. The Balaban J connectivity index is 4.50. The van der Waals surface area contributed by atoms with E-state index in [2.05, 4.69) is 57.2 Å². The van der Waals surface area contributed by atoms with Crippen molar-refractivity contribution in [2.75, 3.05) is 13.2 Å². The van der Waals surface area contributed by atoms with Gasteiger partial charge in [0.1, 0.15) is 13.2 Å². The molecule has 6 heteroatoms. The van der Waals surface area contributed by atoms with E-state index in [0.29, 0.717) is 19.3 Å². The number of carbonyl (C=O) groups excluding carboxylic acids is 3. The van der Waals surface area contributed by atoms with Crippen LogP contribution in [0.25, 0.3) is 0 Å². The van der Waals surface area contributed by atoms with Crippen LogP contribution in [0, 0.1) is 0 Å². The molecule has 66 heavy (non-hydrogen) atoms. The molecule has 0 aliphatic rings. The van der Waals surface area contributed by atoms with Crippen molar-refractivity contribution < 1.29 is 28.6 Å². The summed E-state index contributed by atoms with van der Waals surface area (Å²) in [7, 11) is 0. The molecule has 1 unspecified atom stereocenters. The molecule has 0 bridgehead atoms. The Bertz CT molecular complexity index is 1370. The molecule has 0 saturated heterocycles. The number of esters is 3. The summed E-state index contributed by atoms with van der Waals surface area (Å²) in [5.41, 5.74) is 0. The first-order valence-electron chi connectivity index (χ1n) is 27.0. The molecule has 0 aromatic rings. The van der Waals surface area contributed by atoms with Crippen molar-refractivity contribution in [1.82, 2.24) is 0 Å². The smallest absolute Gasteiger partial charge is 0.306 e. The summed E-state index contributed by atoms with van der Waals surface area (Å²) in [6.07, 6.45) is 72.0. The Hall–Kier alpha value is -3.93. The number of rotatable bonds is 47. The van der Waals surface area contributed by atoms with Crippen LogP contribution in [0.1, 0.15) is 233 Å². The van der Waals surface area contributed by atoms with Gasteiger partial charge in [0, 0.05) is 19.3 Å². The Kier molecular flexibility index (Phi) is 50.5. The molecule has 6 nitrogen and oxygen atoms in total. The molecular weight excluding hydrogens is 817 g/mol. The van der Waals surface area contributed by atoms with Crippen LogP contribution in [-0.4, -0.2) is 37.2 Å². The van der Waals surface area contributed by atoms with Gasteiger partial charge in [-0.1, -0.05) is 252 Å². The van der Waals surface area contributed by atoms with Gasteiger partial charge in [-0.15, -0.1) is 0 Å². The molecule has 0 rings (SSSR count). The molecule has 0 spiro atoms. The highest BCUT2D eigenvalue weighted by Crippen LogP contribution is 2.15. The quantitative estimate of drug-likeness (QED) is 0.0199. The van der Waals surface area contributed by atoms with E-state index in [0.717, 1.165) is 83.5 Å². The van der Waals surface area contributed by atoms with Crippen molar-refractivity contribution in [1.29, 1.82) is 0 Å². The maximum absolute atomic E-state index is 12.8. The van der Waals surface area contributed by atoms with Gasteiger partial charge in [-0.2, -0.15) is 0 Å². The first kappa shape index (κ1) is 62.1. The van der Waals surface area contributed by atoms with E-state index in [4.69, 9.17) is 14.2 Å². The van der Waals surface area contributed by atoms with E-state index < -0.39 is 6.10 Å². The van der Waals surface area contributed by atoms with Gasteiger partial charge < -0.3 is 14.2 Å². The lowest BCUT2D eigenvalue weighted by Crippen LogP contribution is -2.30. The molecule has 0 aromatic carbocycles. The average Bonchev–Trinajstić information content (AvgIpc) is 3.31. The minimum atomic E-state index is -0.801. The van der Waals surface area contributed by atoms with Gasteiger partial charge in [0.05, 0.1) is 0 Å². The second-order valence-electron chi connectivity index (χ2n) is 17.6. The predicted octanol–water partition coefficient (Wildman–Crippen LogP) is 17.9. The summed E-state index contributed by atoms with van der Waals surface area (Å²) in [5, 5.41) is 0. The van der Waals surface area contributed by atoms with Crippen molar-refractivity contribution >= 4 is 17.9 Å². The molecule has 0 aromatic heterocycles. The third-order valence-electron chi connectivity index (χ3n) is 11.2. The molecule has 0 aliphatic heterocycles. The summed E-state index contributed by atoms with van der Waals surface area (Å²) in [5.74, 6) is -0.952. The first-order valence-corrected chi connectivity index (χ1v) is 27.0. The van der Waals surface area contributed by atoms with E-state index in [1.54, 1.807) is 0 Å². The minimum Gasteiger partial charge on any atom is -0.462 e. The Morgan fingerprint density at radius 2 is 0.652 bits per heavy atom. The van der Waals surface area contributed by atoms with Gasteiger partial charge in [0.15, 0.2) is 6.10 Å². The van der Waals surface area contributed by atoms with Gasteiger partial charge in [-0.05, 0) is 70.6 Å². The number of ether oxygens (including phenoxy) is 3. The van der Waals surface area contributed by atoms with Crippen LogP contribution >= 0.6 is 0 Å². The number of unbranched alkanes of at least 4 members (excludes halogenated alkanes) is 24. The van der Waals surface area contributed by atoms with Gasteiger partial charge in [-0.3, -0.25) is 14.4 Å². The van der Waals surface area contributed by atoms with Crippen molar-refractivity contribution in [2.24, 2.45) is 0 Å². The van der Waals surface area contributed by atoms with E-state index in [-0.39, 0.29) is 31.1 Å². The van der Waals surface area contributed by atoms with Gasteiger partial charge in [0.25, 0.3) is 0 Å². The molecule has 1 atom stereocenters. The summed E-state index contributed by atoms with van der Waals surface area (Å²) < 4.78 is 16.8. The van der Waals surface area contributed by atoms with Crippen molar-refractivity contribution in [3.63, 3.8) is 0 Å². The average molecular weight is 915 g/mol. The fourth-order valence-electron chi connectivity index (χ4n) is 7.16. The van der Waals surface area contributed by atoms with Crippen LogP contribution in [0.3, 0.4) is 0 Å². The third kappa shape index (κ3) is 51.1. The third-order valence-corrected chi connectivity index (χ3v) is 11.2. The molecule has 374 valence electrons. The second kappa shape index (κ2) is 53.7. The van der Waals surface area contributed by atoms with E-state index in [9.17, 15) is 14.4 Å². The largest absolute Gasteiger partial charge is 0.462 e. The monoisotopic (exact) mass is 915 g/mol. The molecule has 0 aliphatic carbocycles. The fraction of sp³-hybridized carbons (Fsp3) is 0.650. The Labute approximate surface area is 406 Å². The summed E-state index contributed by atoms with van der Waals surface area (Å²) in [6.45, 7) is 6.41. The topological polar surface area (TPSA) is 78.9 Å². The SMILES string of the molecule is CC\C=C/C=C\C=C/C=C\C=C\C=C/C=C\CCCCCC(=O)OCC(COC(=O)CCCCCCCCCCCCCC)OC(=O)CCCCCCCCC/C=C\C/C=C\CCCCC. The summed E-state index contributed by atoms with van der Waals surface area (Å²) in [6, 6.07) is 0. The zero-order chi connectivity index (χ0) is 47.9. The lowest BCUT2D eigenvalue weighted by atomic mass is 10.0. The zero-order valence-electron chi connectivity index (χ0n) is 42.7. The van der Waals surface area contributed by atoms with Crippen LogP contribution in [0.5, 0.6) is 0 Å². The molecule has 0 N–H and O–H groups in total. The van der Waals surface area contributed by atoms with Crippen LogP contribution in [-0.2, 0) is 28.6 Å². The highest BCUT2D eigenvalue weighted by molar-refractivity contribution is 5.71. The minimum absolute atomic E-state index is 0.0963. The Morgan fingerprint density at radius 1 is 0.333 bits per heavy atom. The van der Waals surface area contributed by atoms with Crippen molar-refractivity contribution in [2.45, 2.75) is 239 Å². The summed E-state index contributed by atoms with van der Waals surface area (Å²) in [4.78, 5) is 38.0. The number of hydrogen-bond acceptors (Lipinski definition) is 6. The molecule has 0 saturated carbocycles. The normalized spacial score (nSPS) is 13.0. The lowest BCUT2D eigenvalue weighted by molar-refractivity contribution is -0.167. The molecule has 0 heterocycles. The molecule has 0 fully saturated rings. The van der Waals surface area contributed by atoms with Gasteiger partial charge in [0.2, 0.25) is 0 Å². The maximum Gasteiger partial charge on any atom is 0.306 e. The van der Waals surface area contributed by atoms with Crippen LogP contribution in [0.2, 0.25) is 0 Å². The first-order chi connectivity index (χ1) is 32.5. The molecule has 0 radical (unpaired) electrons. The highest BCUT2D eigenvalue weighted by Gasteiger charge is 2.19. The van der Waals surface area contributed by atoms with Crippen LogP contribution < -0.4 is 0 Å². The van der Waals surface area contributed by atoms with Crippen molar-refractivity contribution in [3.8, 4) is 0 Å². The van der Waals surface area contributed by atoms with Gasteiger partial charge >= 0.3 is 17.9 Å². The zero-order valence-corrected chi connectivity index (χ0v) is 42.7. The molecular formula is C60H98O6. The predicted molar refractivity (Wildman–Crippen MR) is 283 cm³/mol. The summed E-state index contributed by atoms with van der Waals surface area (Å²) >= 11 is 0. The number of hydrogen-bond donors (Lipinski definition) is 0. The Morgan fingerprint density at radius 3 is 1.09 bits per heavy atom. The maximum atomic E-state index is 12.8. The highest BCUT2D eigenvalue weighted by atomic mass is 16.6. The van der Waals surface area contributed by atoms with Gasteiger partial charge in [-0.25, -0.2) is 0 Å². The van der Waals surface area contributed by atoms with Crippen LogP contribution in [0.15, 0.2) is 109 Å². The molecule has 0 amide bonds. The fourth-order valence-corrected chi connectivity index (χ4v) is 7.16. The lowest BCUT2D eigenvalue weighted by Gasteiger charge is -2.18. The van der Waals surface area contributed by atoms with Crippen LogP contribution in [0.4, 0.5) is 0 Å². The standard InChI is InChI=1S/C60H98O6/c1-4-7-10-13-16-19-22-25-27-29-30-32-33-35-38-41-44-47-50-53-59(62)65-56-57(55-64-58(61)52-49-46-43-40-37-24-21-18-15-12-9-6-3)66-60(63)54-51-48-45-42-39-36-34-31-28-26-23-20-17-14-11-8-5-2/h7,10,13,16-17,19-20,22,25-30,32-33,35,38,57H,4-6,8-9,11-12,14-15,18,21,23-24,31,34,36-37,39-56H2,1-3H3/b10-7-,16-13-,20-17-,22-19-,27-25-,28-26-,30-29+,33-32-,38-35-. The number of carbonyl (C=O) groups is 3. The second-order valence-corrected chi connectivity index (χ2v) is 17.6.